The summed E-state index contributed by atoms with van der Waals surface area (Å²) in [5, 5.41) is 11.7. The predicted octanol–water partition coefficient (Wildman–Crippen LogP) is 4.77. The first kappa shape index (κ1) is 24.0. The topological polar surface area (TPSA) is 101 Å². The molecule has 1 saturated heterocycles. The summed E-state index contributed by atoms with van der Waals surface area (Å²) < 4.78 is 16.2. The van der Waals surface area contributed by atoms with E-state index in [0.717, 1.165) is 48.7 Å². The van der Waals surface area contributed by atoms with Gasteiger partial charge >= 0.3 is 0 Å². The molecule has 3 aromatic rings. The van der Waals surface area contributed by atoms with Crippen molar-refractivity contribution < 1.29 is 18.8 Å². The van der Waals surface area contributed by atoms with E-state index >= 15 is 0 Å². The molecule has 1 aliphatic carbocycles. The van der Waals surface area contributed by atoms with Crippen LogP contribution in [0.2, 0.25) is 0 Å². The molecule has 2 heterocycles. The molecule has 8 heteroatoms. The zero-order valence-corrected chi connectivity index (χ0v) is 20.2. The molecule has 1 aromatic heterocycles. The number of nitrogens with two attached hydrogens (primary N) is 1. The normalized spacial score (nSPS) is 22.0. The lowest BCUT2D eigenvalue weighted by Gasteiger charge is -2.32. The zero-order chi connectivity index (χ0) is 25.4. The molecule has 1 atom stereocenters. The molecule has 7 nitrogen and oxygen atoms in total. The van der Waals surface area contributed by atoms with E-state index < -0.39 is 11.7 Å². The van der Waals surface area contributed by atoms with Crippen LogP contribution in [0.25, 0.3) is 10.9 Å². The van der Waals surface area contributed by atoms with Crippen LogP contribution in [-0.2, 0) is 16.2 Å². The highest BCUT2D eigenvalue weighted by Crippen LogP contribution is 2.37. The number of aryl methyl sites for hydroxylation is 1. The highest BCUT2D eigenvalue weighted by atomic mass is 19.1. The molecular formula is C28H29FN4O3. The third kappa shape index (κ3) is 4.59. The van der Waals surface area contributed by atoms with Crippen LogP contribution in [0, 0.1) is 35.9 Å². The van der Waals surface area contributed by atoms with Gasteiger partial charge in [-0.05, 0) is 80.0 Å². The summed E-state index contributed by atoms with van der Waals surface area (Å²) in [4.78, 5) is 30.7. The molecule has 2 aliphatic rings. The number of amides is 2. The second kappa shape index (κ2) is 9.75. The summed E-state index contributed by atoms with van der Waals surface area (Å²) in [6.45, 7) is 3.26. The molecule has 1 aliphatic heterocycles. The first-order valence-corrected chi connectivity index (χ1v) is 12.4. The number of rotatable bonds is 5. The van der Waals surface area contributed by atoms with Crippen molar-refractivity contribution in [1.29, 1.82) is 5.26 Å². The average molecular weight is 489 g/mol. The summed E-state index contributed by atoms with van der Waals surface area (Å²) in [5.41, 5.74) is 8.96. The van der Waals surface area contributed by atoms with E-state index in [2.05, 4.69) is 17.7 Å². The van der Waals surface area contributed by atoms with Gasteiger partial charge in [-0.15, -0.1) is 0 Å². The van der Waals surface area contributed by atoms with Crippen LogP contribution in [0.3, 0.4) is 0 Å². The van der Waals surface area contributed by atoms with E-state index in [4.69, 9.17) is 10.6 Å². The van der Waals surface area contributed by atoms with Crippen molar-refractivity contribution in [3.63, 3.8) is 0 Å². The van der Waals surface area contributed by atoms with Crippen LogP contribution in [0.5, 0.6) is 0 Å². The number of fused-ring (bicyclic) bond motifs is 1. The van der Waals surface area contributed by atoms with Crippen LogP contribution < -0.4 is 5.73 Å². The van der Waals surface area contributed by atoms with Crippen molar-refractivity contribution in [2.45, 2.75) is 51.6 Å². The molecule has 2 N–H and O–H groups in total. The summed E-state index contributed by atoms with van der Waals surface area (Å²) in [7, 11) is 0. The first-order chi connectivity index (χ1) is 17.3. The molecule has 0 spiro atoms. The Hall–Kier alpha value is -3.70. The van der Waals surface area contributed by atoms with Gasteiger partial charge in [-0.3, -0.25) is 14.4 Å². The number of carbonyl (C=O) groups is 2. The predicted molar refractivity (Wildman–Crippen MR) is 132 cm³/mol. The van der Waals surface area contributed by atoms with Crippen molar-refractivity contribution in [2.24, 2.45) is 17.6 Å². The number of nitrogens with zero attached hydrogens (tertiary/aromatic N) is 3. The fourth-order valence-electron chi connectivity index (χ4n) is 5.69. The SMILES string of the molecule is Cc1cn(CC2CCC(C(=O)N3OCC[C@H]3c3cc(F)cc(C#N)c3)CC2)c2cc(C(N)=O)ccc12. The number of hydroxylamine groups is 2. The van der Waals surface area contributed by atoms with E-state index in [1.165, 1.54) is 17.2 Å². The van der Waals surface area contributed by atoms with Gasteiger partial charge in [-0.2, -0.15) is 5.26 Å². The van der Waals surface area contributed by atoms with Gasteiger partial charge in [0, 0.05) is 41.5 Å². The highest BCUT2D eigenvalue weighted by Gasteiger charge is 2.37. The Balaban J connectivity index is 1.25. The summed E-state index contributed by atoms with van der Waals surface area (Å²) >= 11 is 0. The fourth-order valence-corrected chi connectivity index (χ4v) is 5.69. The molecule has 2 amide bonds. The Labute approximate surface area is 209 Å². The molecule has 1 saturated carbocycles. The largest absolute Gasteiger partial charge is 0.366 e. The van der Waals surface area contributed by atoms with Gasteiger partial charge in [0.05, 0.1) is 24.3 Å². The number of hydrogen-bond donors (Lipinski definition) is 1. The Kier molecular flexibility index (Phi) is 6.50. The minimum Gasteiger partial charge on any atom is -0.366 e. The number of benzene rings is 2. The number of nitriles is 1. The average Bonchev–Trinajstić information content (AvgIpc) is 3.48. The number of carbonyl (C=O) groups excluding carboxylic acids is 2. The van der Waals surface area contributed by atoms with Crippen molar-refractivity contribution in [2.75, 3.05) is 6.61 Å². The molecular weight excluding hydrogens is 459 g/mol. The molecule has 186 valence electrons. The lowest BCUT2D eigenvalue weighted by molar-refractivity contribution is -0.183. The van der Waals surface area contributed by atoms with Gasteiger partial charge in [-0.25, -0.2) is 9.45 Å². The second-order valence-electron chi connectivity index (χ2n) is 9.97. The molecule has 2 aromatic carbocycles. The standard InChI is InChI=1S/C28H29FN4O3/c1-17-15-32(26-13-21(27(31)34)6-7-24(17)26)16-18-2-4-20(5-3-18)28(35)33-25(8-9-36-33)22-10-19(14-30)11-23(29)12-22/h6-7,10-13,15,18,20,25H,2-5,8-9,16H2,1H3,(H2,31,34)/t18?,20?,25-/m0/s1. The van der Waals surface area contributed by atoms with Crippen molar-refractivity contribution >= 4 is 22.7 Å². The Bertz CT molecular complexity index is 1370. The Morgan fingerprint density at radius 1 is 1.14 bits per heavy atom. The minimum absolute atomic E-state index is 0.0629. The third-order valence-corrected chi connectivity index (χ3v) is 7.57. The van der Waals surface area contributed by atoms with Crippen LogP contribution >= 0.6 is 0 Å². The maximum absolute atomic E-state index is 14.0. The quantitative estimate of drug-likeness (QED) is 0.559. The van der Waals surface area contributed by atoms with Gasteiger partial charge in [0.2, 0.25) is 11.8 Å². The van der Waals surface area contributed by atoms with Crippen molar-refractivity contribution in [1.82, 2.24) is 9.63 Å². The lowest BCUT2D eigenvalue weighted by Crippen LogP contribution is -2.37. The fraction of sp³-hybridized carbons (Fsp3) is 0.393. The van der Waals surface area contributed by atoms with E-state index in [1.54, 1.807) is 12.1 Å². The van der Waals surface area contributed by atoms with Gasteiger partial charge in [0.1, 0.15) is 5.82 Å². The summed E-state index contributed by atoms with van der Waals surface area (Å²) in [5.74, 6) is -0.717. The van der Waals surface area contributed by atoms with Gasteiger partial charge in [0.25, 0.3) is 0 Å². The van der Waals surface area contributed by atoms with Gasteiger partial charge in [-0.1, -0.05) is 6.07 Å². The maximum atomic E-state index is 14.0. The third-order valence-electron chi connectivity index (χ3n) is 7.57. The summed E-state index contributed by atoms with van der Waals surface area (Å²) in [6.07, 6.45) is 6.01. The van der Waals surface area contributed by atoms with Crippen molar-refractivity contribution in [3.05, 3.63) is 70.7 Å². The smallest absolute Gasteiger partial charge is 0.249 e. The van der Waals surface area contributed by atoms with Crippen LogP contribution in [-0.4, -0.2) is 28.1 Å². The highest BCUT2D eigenvalue weighted by molar-refractivity contribution is 5.97. The van der Waals surface area contributed by atoms with E-state index in [1.807, 2.05) is 18.2 Å². The molecule has 0 bridgehead atoms. The molecule has 5 rings (SSSR count). The Morgan fingerprint density at radius 3 is 2.64 bits per heavy atom. The second-order valence-corrected chi connectivity index (χ2v) is 9.97. The molecule has 2 fully saturated rings. The van der Waals surface area contributed by atoms with E-state index in [0.29, 0.717) is 30.1 Å². The molecule has 0 radical (unpaired) electrons. The minimum atomic E-state index is -0.487. The van der Waals surface area contributed by atoms with Crippen molar-refractivity contribution in [3.8, 4) is 6.07 Å². The number of primary amides is 1. The monoisotopic (exact) mass is 488 g/mol. The van der Waals surface area contributed by atoms with Gasteiger partial charge < -0.3 is 10.3 Å². The summed E-state index contributed by atoms with van der Waals surface area (Å²) in [6, 6.07) is 11.4. The first-order valence-electron chi connectivity index (χ1n) is 12.4. The van der Waals surface area contributed by atoms with Gasteiger partial charge in [0.15, 0.2) is 0 Å². The van der Waals surface area contributed by atoms with Crippen LogP contribution in [0.4, 0.5) is 4.39 Å². The van der Waals surface area contributed by atoms with E-state index in [-0.39, 0.29) is 23.4 Å². The molecule has 36 heavy (non-hydrogen) atoms. The van der Waals surface area contributed by atoms with Crippen LogP contribution in [0.1, 0.15) is 65.2 Å². The lowest BCUT2D eigenvalue weighted by atomic mass is 9.81. The number of aromatic nitrogens is 1. The number of halogens is 1. The molecule has 0 unspecified atom stereocenters. The number of hydrogen-bond acceptors (Lipinski definition) is 4. The zero-order valence-electron chi connectivity index (χ0n) is 20.2. The Morgan fingerprint density at radius 2 is 1.92 bits per heavy atom. The van der Waals surface area contributed by atoms with E-state index in [9.17, 15) is 19.2 Å². The van der Waals surface area contributed by atoms with Crippen LogP contribution in [0.15, 0.2) is 42.6 Å². The maximum Gasteiger partial charge on any atom is 0.249 e.